The first-order valence-electron chi connectivity index (χ1n) is 3.83. The molecule has 60 valence electrons. The Balaban J connectivity index is 2.06. The number of aliphatic hydroxyl groups is 1. The van der Waals surface area contributed by atoms with Gasteiger partial charge in [0, 0.05) is 13.0 Å². The molecule has 0 saturated carbocycles. The van der Waals surface area contributed by atoms with Crippen LogP contribution < -0.4 is 5.32 Å². The van der Waals surface area contributed by atoms with Crippen LogP contribution in [0.5, 0.6) is 0 Å². The zero-order valence-electron chi connectivity index (χ0n) is 6.34. The van der Waals surface area contributed by atoms with Crippen molar-refractivity contribution in [2.24, 2.45) is 0 Å². The molecule has 1 fully saturated rings. The minimum atomic E-state index is -0.233. The smallest absolute Gasteiger partial charge is 0.0799 e. The van der Waals surface area contributed by atoms with Gasteiger partial charge in [-0.25, -0.2) is 0 Å². The van der Waals surface area contributed by atoms with Crippen molar-refractivity contribution in [1.82, 2.24) is 5.32 Å². The second-order valence-electron chi connectivity index (χ2n) is 2.65. The summed E-state index contributed by atoms with van der Waals surface area (Å²) in [7, 11) is 0. The summed E-state index contributed by atoms with van der Waals surface area (Å²) >= 11 is 0. The molecule has 0 aromatic rings. The van der Waals surface area contributed by atoms with Gasteiger partial charge in [0.05, 0.1) is 18.8 Å². The summed E-state index contributed by atoms with van der Waals surface area (Å²) in [5.74, 6) is 0. The van der Waals surface area contributed by atoms with Crippen LogP contribution in [-0.2, 0) is 4.74 Å². The standard InChI is InChI=1S/C7H15NO2/c1-2-8-4-7-3-6(9)5-10-7/h6-9H,2-5H2,1H3/t6-,7-/m1/s1. The van der Waals surface area contributed by atoms with Crippen LogP contribution in [-0.4, -0.2) is 37.0 Å². The Kier molecular flexibility index (Phi) is 3.12. The predicted molar refractivity (Wildman–Crippen MR) is 38.9 cm³/mol. The van der Waals surface area contributed by atoms with Crippen LogP contribution in [0.3, 0.4) is 0 Å². The Morgan fingerprint density at radius 2 is 2.50 bits per heavy atom. The molecule has 0 aliphatic carbocycles. The monoisotopic (exact) mass is 145 g/mol. The number of rotatable bonds is 3. The van der Waals surface area contributed by atoms with E-state index in [9.17, 15) is 0 Å². The van der Waals surface area contributed by atoms with Gasteiger partial charge in [-0.15, -0.1) is 0 Å². The van der Waals surface area contributed by atoms with Crippen LogP contribution in [0, 0.1) is 0 Å². The third kappa shape index (κ3) is 2.25. The fourth-order valence-electron chi connectivity index (χ4n) is 1.13. The first-order chi connectivity index (χ1) is 4.83. The number of nitrogens with one attached hydrogen (secondary N) is 1. The summed E-state index contributed by atoms with van der Waals surface area (Å²) < 4.78 is 5.25. The van der Waals surface area contributed by atoms with Gasteiger partial charge in [-0.1, -0.05) is 6.92 Å². The van der Waals surface area contributed by atoms with E-state index in [0.717, 1.165) is 19.5 Å². The first-order valence-corrected chi connectivity index (χ1v) is 3.83. The van der Waals surface area contributed by atoms with Gasteiger partial charge in [0.2, 0.25) is 0 Å². The van der Waals surface area contributed by atoms with Crippen molar-refractivity contribution in [3.05, 3.63) is 0 Å². The highest BCUT2D eigenvalue weighted by Gasteiger charge is 2.22. The molecule has 1 aliphatic rings. The van der Waals surface area contributed by atoms with E-state index >= 15 is 0 Å². The zero-order chi connectivity index (χ0) is 7.40. The van der Waals surface area contributed by atoms with Crippen LogP contribution in [0.25, 0.3) is 0 Å². The van der Waals surface area contributed by atoms with E-state index in [0.29, 0.717) is 6.61 Å². The molecule has 3 heteroatoms. The van der Waals surface area contributed by atoms with Crippen molar-refractivity contribution in [2.45, 2.75) is 25.6 Å². The molecule has 0 unspecified atom stereocenters. The van der Waals surface area contributed by atoms with E-state index < -0.39 is 0 Å². The molecule has 0 spiro atoms. The van der Waals surface area contributed by atoms with Crippen molar-refractivity contribution in [1.29, 1.82) is 0 Å². The Hall–Kier alpha value is -0.120. The second-order valence-corrected chi connectivity index (χ2v) is 2.65. The number of hydrogen-bond donors (Lipinski definition) is 2. The first kappa shape index (κ1) is 7.98. The summed E-state index contributed by atoms with van der Waals surface area (Å²) in [6, 6.07) is 0. The third-order valence-corrected chi connectivity index (χ3v) is 1.68. The number of ether oxygens (including phenoxy) is 1. The maximum absolute atomic E-state index is 9.05. The maximum Gasteiger partial charge on any atom is 0.0799 e. The van der Waals surface area contributed by atoms with E-state index in [4.69, 9.17) is 9.84 Å². The van der Waals surface area contributed by atoms with Gasteiger partial charge < -0.3 is 15.2 Å². The van der Waals surface area contributed by atoms with Gasteiger partial charge in [0.1, 0.15) is 0 Å². The van der Waals surface area contributed by atoms with Gasteiger partial charge in [-0.2, -0.15) is 0 Å². The zero-order valence-corrected chi connectivity index (χ0v) is 6.34. The summed E-state index contributed by atoms with van der Waals surface area (Å²) in [6.45, 7) is 4.41. The molecule has 1 saturated heterocycles. The van der Waals surface area contributed by atoms with Crippen LogP contribution in [0.1, 0.15) is 13.3 Å². The summed E-state index contributed by atoms with van der Waals surface area (Å²) in [6.07, 6.45) is 0.783. The second kappa shape index (κ2) is 3.91. The van der Waals surface area contributed by atoms with E-state index in [1.54, 1.807) is 0 Å². The lowest BCUT2D eigenvalue weighted by Crippen LogP contribution is -2.26. The van der Waals surface area contributed by atoms with Crippen LogP contribution in [0.15, 0.2) is 0 Å². The normalized spacial score (nSPS) is 33.0. The minimum absolute atomic E-state index is 0.231. The Labute approximate surface area is 61.4 Å². The topological polar surface area (TPSA) is 41.5 Å². The average molecular weight is 145 g/mol. The van der Waals surface area contributed by atoms with Crippen molar-refractivity contribution in [3.63, 3.8) is 0 Å². The molecule has 0 bridgehead atoms. The lowest BCUT2D eigenvalue weighted by Gasteiger charge is -2.07. The van der Waals surface area contributed by atoms with Gasteiger partial charge in [-0.3, -0.25) is 0 Å². The molecule has 2 N–H and O–H groups in total. The highest BCUT2D eigenvalue weighted by Crippen LogP contribution is 2.11. The quantitative estimate of drug-likeness (QED) is 0.575. The molecule has 2 atom stereocenters. The van der Waals surface area contributed by atoms with Gasteiger partial charge in [0.15, 0.2) is 0 Å². The molecular weight excluding hydrogens is 130 g/mol. The SMILES string of the molecule is CCNC[C@H]1C[C@@H](O)CO1. The van der Waals surface area contributed by atoms with Crippen LogP contribution >= 0.6 is 0 Å². The summed E-state index contributed by atoms with van der Waals surface area (Å²) in [4.78, 5) is 0. The van der Waals surface area contributed by atoms with Crippen molar-refractivity contribution in [3.8, 4) is 0 Å². The van der Waals surface area contributed by atoms with Crippen molar-refractivity contribution in [2.75, 3.05) is 19.7 Å². The Bertz CT molecular complexity index is 97.6. The van der Waals surface area contributed by atoms with Gasteiger partial charge >= 0.3 is 0 Å². The molecule has 0 amide bonds. The highest BCUT2D eigenvalue weighted by molar-refractivity contribution is 4.73. The van der Waals surface area contributed by atoms with Crippen LogP contribution in [0.2, 0.25) is 0 Å². The highest BCUT2D eigenvalue weighted by atomic mass is 16.5. The van der Waals surface area contributed by atoms with Gasteiger partial charge in [0.25, 0.3) is 0 Å². The van der Waals surface area contributed by atoms with Crippen LogP contribution in [0.4, 0.5) is 0 Å². The minimum Gasteiger partial charge on any atom is -0.391 e. The average Bonchev–Trinajstić information content (AvgIpc) is 2.31. The van der Waals surface area contributed by atoms with Gasteiger partial charge in [-0.05, 0) is 6.54 Å². The molecule has 1 rings (SSSR count). The van der Waals surface area contributed by atoms with Crippen molar-refractivity contribution < 1.29 is 9.84 Å². The molecule has 0 aromatic carbocycles. The fraction of sp³-hybridized carbons (Fsp3) is 1.00. The van der Waals surface area contributed by atoms with E-state index in [2.05, 4.69) is 12.2 Å². The number of likely N-dealkylation sites (N-methyl/N-ethyl adjacent to an activating group) is 1. The largest absolute Gasteiger partial charge is 0.391 e. The van der Waals surface area contributed by atoms with E-state index in [1.807, 2.05) is 0 Å². The van der Waals surface area contributed by atoms with Crippen molar-refractivity contribution >= 4 is 0 Å². The summed E-state index contributed by atoms with van der Waals surface area (Å²) in [5, 5.41) is 12.2. The summed E-state index contributed by atoms with van der Waals surface area (Å²) in [5.41, 5.74) is 0. The predicted octanol–water partition coefficient (Wildman–Crippen LogP) is -0.254. The third-order valence-electron chi connectivity index (χ3n) is 1.68. The number of aliphatic hydroxyl groups excluding tert-OH is 1. The van der Waals surface area contributed by atoms with E-state index in [1.165, 1.54) is 0 Å². The lowest BCUT2D eigenvalue weighted by atomic mass is 10.2. The molecule has 1 aliphatic heterocycles. The lowest BCUT2D eigenvalue weighted by molar-refractivity contribution is 0.0886. The molecule has 10 heavy (non-hydrogen) atoms. The molecule has 0 radical (unpaired) electrons. The van der Waals surface area contributed by atoms with E-state index in [-0.39, 0.29) is 12.2 Å². The molecule has 1 heterocycles. The fourth-order valence-corrected chi connectivity index (χ4v) is 1.13. The molecular formula is C7H15NO2. The number of hydrogen-bond acceptors (Lipinski definition) is 3. The Morgan fingerprint density at radius 1 is 1.70 bits per heavy atom. The molecule has 0 aromatic heterocycles. The molecule has 3 nitrogen and oxygen atoms in total. The Morgan fingerprint density at radius 3 is 3.00 bits per heavy atom. The maximum atomic E-state index is 9.05.